The molecule has 5 rings (SSSR count). The highest BCUT2D eigenvalue weighted by Crippen LogP contribution is 2.37. The van der Waals surface area contributed by atoms with E-state index >= 15 is 0 Å². The third-order valence-corrected chi connectivity index (χ3v) is 6.35. The average molecular weight is 440 g/mol. The molecule has 1 aromatic heterocycles. The van der Waals surface area contributed by atoms with Crippen molar-refractivity contribution in [2.24, 2.45) is 0 Å². The zero-order valence-electron chi connectivity index (χ0n) is 18.8. The van der Waals surface area contributed by atoms with Gasteiger partial charge in [-0.05, 0) is 65.9 Å². The molecule has 0 spiro atoms. The Morgan fingerprint density at radius 2 is 1.82 bits per heavy atom. The lowest BCUT2D eigenvalue weighted by atomic mass is 10.00. The Morgan fingerprint density at radius 3 is 2.58 bits per heavy atom. The minimum Gasteiger partial charge on any atom is -0.318 e. The smallest absolute Gasteiger partial charge is 0.318 e. The number of urea groups is 1. The van der Waals surface area contributed by atoms with E-state index in [0.717, 1.165) is 28.9 Å². The molecule has 1 aliphatic rings. The highest BCUT2D eigenvalue weighted by Gasteiger charge is 2.33. The van der Waals surface area contributed by atoms with Crippen molar-refractivity contribution in [3.8, 4) is 5.69 Å². The third kappa shape index (κ3) is 3.91. The molecule has 1 N–H and O–H groups in total. The van der Waals surface area contributed by atoms with E-state index in [4.69, 9.17) is 0 Å². The van der Waals surface area contributed by atoms with Gasteiger partial charge < -0.3 is 14.8 Å². The first-order valence-electron chi connectivity index (χ1n) is 11.2. The molecule has 0 fully saturated rings. The van der Waals surface area contributed by atoms with Gasteiger partial charge in [0, 0.05) is 17.6 Å². The van der Waals surface area contributed by atoms with Gasteiger partial charge in [0.15, 0.2) is 0 Å². The molecule has 1 atom stereocenters. The van der Waals surface area contributed by atoms with Crippen molar-refractivity contribution in [3.05, 3.63) is 119 Å². The van der Waals surface area contributed by atoms with E-state index in [2.05, 4.69) is 53.2 Å². The summed E-state index contributed by atoms with van der Waals surface area (Å²) in [5, 5.41) is 2.92. The van der Waals surface area contributed by atoms with Gasteiger partial charge in [0.2, 0.25) is 0 Å². The number of hydrogen-bond acceptors (Lipinski definition) is 1. The fourth-order valence-corrected chi connectivity index (χ4v) is 4.49. The summed E-state index contributed by atoms with van der Waals surface area (Å²) in [6.45, 7) is 4.26. The predicted octanol–water partition coefficient (Wildman–Crippen LogP) is 6.62. The quantitative estimate of drug-likeness (QED) is 0.382. The summed E-state index contributed by atoms with van der Waals surface area (Å²) < 4.78 is 16.3. The van der Waals surface area contributed by atoms with Crippen LogP contribution in [0.2, 0.25) is 0 Å². The van der Waals surface area contributed by atoms with Crippen LogP contribution in [0.5, 0.6) is 0 Å². The second-order valence-electron chi connectivity index (χ2n) is 8.45. The number of hydrogen-bond donors (Lipinski definition) is 1. The zero-order valence-corrected chi connectivity index (χ0v) is 18.8. The molecule has 0 bridgehead atoms. The molecule has 4 aromatic rings. The topological polar surface area (TPSA) is 37.3 Å². The Bertz CT molecular complexity index is 1310. The zero-order chi connectivity index (χ0) is 22.9. The highest BCUT2D eigenvalue weighted by atomic mass is 19.1. The minimum absolute atomic E-state index is 0.271. The van der Waals surface area contributed by atoms with Crippen molar-refractivity contribution in [1.82, 2.24) is 9.47 Å². The van der Waals surface area contributed by atoms with Gasteiger partial charge in [-0.25, -0.2) is 9.18 Å². The van der Waals surface area contributed by atoms with Crippen LogP contribution in [0.4, 0.5) is 14.9 Å². The Labute approximate surface area is 193 Å². The number of fused-ring (bicyclic) bond motifs is 3. The van der Waals surface area contributed by atoms with Gasteiger partial charge in [-0.15, -0.1) is 0 Å². The first kappa shape index (κ1) is 21.0. The van der Waals surface area contributed by atoms with Crippen molar-refractivity contribution in [2.75, 3.05) is 5.32 Å². The molecular formula is C28H26FN3O. The molecule has 3 aromatic carbocycles. The summed E-state index contributed by atoms with van der Waals surface area (Å²) in [6, 6.07) is 24.8. The minimum atomic E-state index is -0.338. The maximum absolute atomic E-state index is 14.1. The molecule has 1 aliphatic heterocycles. The van der Waals surface area contributed by atoms with E-state index < -0.39 is 0 Å². The van der Waals surface area contributed by atoms with Crippen LogP contribution in [0, 0.1) is 12.7 Å². The summed E-state index contributed by atoms with van der Waals surface area (Å²) in [4.78, 5) is 15.5. The van der Waals surface area contributed by atoms with Crippen LogP contribution in [0.1, 0.15) is 40.9 Å². The van der Waals surface area contributed by atoms with Crippen LogP contribution >= 0.6 is 0 Å². The van der Waals surface area contributed by atoms with Crippen molar-refractivity contribution in [2.45, 2.75) is 32.9 Å². The van der Waals surface area contributed by atoms with Gasteiger partial charge in [0.1, 0.15) is 5.82 Å². The Balaban J connectivity index is 1.61. The van der Waals surface area contributed by atoms with Gasteiger partial charge >= 0.3 is 6.03 Å². The number of nitrogens with zero attached hydrogens (tertiary/aromatic N) is 2. The molecule has 4 nitrogen and oxygen atoms in total. The van der Waals surface area contributed by atoms with E-state index in [1.165, 1.54) is 11.6 Å². The van der Waals surface area contributed by atoms with E-state index in [-0.39, 0.29) is 17.9 Å². The number of carbonyl (C=O) groups is 1. The number of nitrogens with one attached hydrogen (secondary N) is 1. The number of aromatic nitrogens is 1. The van der Waals surface area contributed by atoms with Crippen molar-refractivity contribution in [3.63, 3.8) is 0 Å². The summed E-state index contributed by atoms with van der Waals surface area (Å²) in [6.07, 6.45) is 2.99. The van der Waals surface area contributed by atoms with E-state index in [1.807, 2.05) is 35.4 Å². The molecule has 5 heteroatoms. The summed E-state index contributed by atoms with van der Waals surface area (Å²) in [7, 11) is 0. The number of benzene rings is 3. The van der Waals surface area contributed by atoms with Crippen LogP contribution in [-0.4, -0.2) is 15.5 Å². The van der Waals surface area contributed by atoms with Crippen LogP contribution < -0.4 is 5.32 Å². The lowest BCUT2D eigenvalue weighted by molar-refractivity contribution is 0.194. The molecule has 33 heavy (non-hydrogen) atoms. The number of carbonyl (C=O) groups excluding carboxylic acids is 1. The first-order chi connectivity index (χ1) is 16.0. The predicted molar refractivity (Wildman–Crippen MR) is 129 cm³/mol. The lowest BCUT2D eigenvalue weighted by Crippen LogP contribution is -2.38. The van der Waals surface area contributed by atoms with Crippen molar-refractivity contribution >= 4 is 11.7 Å². The molecule has 0 aliphatic carbocycles. The monoisotopic (exact) mass is 439 g/mol. The van der Waals surface area contributed by atoms with Gasteiger partial charge in [-0.3, -0.25) is 0 Å². The van der Waals surface area contributed by atoms with Gasteiger partial charge in [0.05, 0.1) is 18.3 Å². The fraction of sp³-hybridized carbons (Fsp3) is 0.179. The standard InChI is InChI=1S/C28H26FN3O/c1-3-20-11-13-21(14-12-20)27-26-9-6-16-31(26)25-8-5-4-7-22(25)18-32(27)28(33)30-23-15-10-19(2)24(29)17-23/h4-17,27H,3,18H2,1-2H3,(H,30,33)/t27-/m0/s1. The normalized spacial score (nSPS) is 14.9. The fourth-order valence-electron chi connectivity index (χ4n) is 4.49. The Morgan fingerprint density at radius 1 is 1.03 bits per heavy atom. The molecule has 0 saturated carbocycles. The van der Waals surface area contributed by atoms with Crippen molar-refractivity contribution in [1.29, 1.82) is 0 Å². The number of anilines is 1. The van der Waals surface area contributed by atoms with Crippen LogP contribution in [-0.2, 0) is 13.0 Å². The first-order valence-corrected chi connectivity index (χ1v) is 11.2. The number of rotatable bonds is 3. The van der Waals surface area contributed by atoms with Crippen LogP contribution in [0.25, 0.3) is 5.69 Å². The van der Waals surface area contributed by atoms with Gasteiger partial charge in [0.25, 0.3) is 0 Å². The molecule has 0 radical (unpaired) electrons. The van der Waals surface area contributed by atoms with Crippen LogP contribution in [0.15, 0.2) is 85.1 Å². The van der Waals surface area contributed by atoms with Gasteiger partial charge in [-0.1, -0.05) is 55.5 Å². The molecule has 0 saturated heterocycles. The van der Waals surface area contributed by atoms with E-state index in [9.17, 15) is 9.18 Å². The number of para-hydroxylation sites is 1. The summed E-state index contributed by atoms with van der Waals surface area (Å²) >= 11 is 0. The maximum atomic E-state index is 14.1. The average Bonchev–Trinajstić information content (AvgIpc) is 3.26. The second-order valence-corrected chi connectivity index (χ2v) is 8.45. The maximum Gasteiger partial charge on any atom is 0.322 e. The number of halogens is 1. The molecule has 0 unspecified atom stereocenters. The highest BCUT2D eigenvalue weighted by molar-refractivity contribution is 5.90. The third-order valence-electron chi connectivity index (χ3n) is 6.35. The molecule has 166 valence electrons. The Kier molecular flexibility index (Phi) is 5.47. The molecule has 2 amide bonds. The van der Waals surface area contributed by atoms with E-state index in [0.29, 0.717) is 17.8 Å². The number of amides is 2. The second kappa shape index (κ2) is 8.58. The molecule has 2 heterocycles. The van der Waals surface area contributed by atoms with Crippen LogP contribution in [0.3, 0.4) is 0 Å². The van der Waals surface area contributed by atoms with E-state index in [1.54, 1.807) is 19.1 Å². The van der Waals surface area contributed by atoms with Gasteiger partial charge in [-0.2, -0.15) is 0 Å². The summed E-state index contributed by atoms with van der Waals surface area (Å²) in [5.41, 5.74) is 6.38. The summed E-state index contributed by atoms with van der Waals surface area (Å²) in [5.74, 6) is -0.338. The largest absolute Gasteiger partial charge is 0.322 e. The van der Waals surface area contributed by atoms with Crippen molar-refractivity contribution < 1.29 is 9.18 Å². The molecular weight excluding hydrogens is 413 g/mol. The Hall–Kier alpha value is -3.86. The number of aryl methyl sites for hydroxylation is 2. The lowest BCUT2D eigenvalue weighted by Gasteiger charge is -2.31. The SMILES string of the molecule is CCc1ccc([C@H]2c3cccn3-c3ccccc3CN2C(=O)Nc2ccc(C)c(F)c2)cc1.